The first kappa shape index (κ1) is 16.5. The molecule has 1 fully saturated rings. The maximum Gasteiger partial charge on any atom is 0.257 e. The van der Waals surface area contributed by atoms with Gasteiger partial charge in [-0.3, -0.25) is 9.69 Å². The number of aliphatic hydroxyl groups excluding tert-OH is 1. The van der Waals surface area contributed by atoms with E-state index in [0.29, 0.717) is 37.6 Å². The molecule has 0 saturated carbocycles. The topological polar surface area (TPSA) is 53.0 Å². The average molecular weight is 304 g/mol. The Labute approximate surface area is 131 Å². The zero-order chi connectivity index (χ0) is 15.9. The Bertz CT molecular complexity index is 508. The molecule has 120 valence electrons. The molecule has 5 heteroatoms. The van der Waals surface area contributed by atoms with Crippen molar-refractivity contribution in [2.24, 2.45) is 0 Å². The molecule has 1 heterocycles. The van der Waals surface area contributed by atoms with Gasteiger partial charge in [-0.25, -0.2) is 0 Å². The smallest absolute Gasteiger partial charge is 0.257 e. The van der Waals surface area contributed by atoms with Gasteiger partial charge in [0.2, 0.25) is 0 Å². The summed E-state index contributed by atoms with van der Waals surface area (Å²) in [4.78, 5) is 16.7. The molecule has 1 N–H and O–H groups in total. The number of para-hydroxylation sites is 1. The van der Waals surface area contributed by atoms with Crippen molar-refractivity contribution in [3.05, 3.63) is 42.5 Å². The molecule has 1 aliphatic rings. The fourth-order valence-corrected chi connectivity index (χ4v) is 2.60. The first-order chi connectivity index (χ1) is 10.6. The minimum Gasteiger partial charge on any atom is -0.489 e. The van der Waals surface area contributed by atoms with Gasteiger partial charge >= 0.3 is 0 Å². The van der Waals surface area contributed by atoms with Crippen LogP contribution >= 0.6 is 0 Å². The van der Waals surface area contributed by atoms with Crippen molar-refractivity contribution in [3.8, 4) is 5.75 Å². The fraction of sp³-hybridized carbons (Fsp3) is 0.471. The third kappa shape index (κ3) is 4.32. The number of carbonyl (C=O) groups excluding carboxylic acids is 1. The Hall–Kier alpha value is -1.85. The molecule has 1 atom stereocenters. The maximum atomic E-state index is 12.7. The van der Waals surface area contributed by atoms with E-state index >= 15 is 0 Å². The molecular weight excluding hydrogens is 280 g/mol. The third-order valence-electron chi connectivity index (χ3n) is 3.66. The lowest BCUT2D eigenvalue weighted by molar-refractivity contribution is 0.0551. The van der Waals surface area contributed by atoms with E-state index in [2.05, 4.69) is 11.5 Å². The van der Waals surface area contributed by atoms with Gasteiger partial charge in [-0.15, -0.1) is 0 Å². The number of hydrogen-bond acceptors (Lipinski definition) is 4. The Morgan fingerprint density at radius 3 is 2.68 bits per heavy atom. The summed E-state index contributed by atoms with van der Waals surface area (Å²) in [5, 5.41) is 9.43. The van der Waals surface area contributed by atoms with Gasteiger partial charge < -0.3 is 14.7 Å². The van der Waals surface area contributed by atoms with E-state index in [9.17, 15) is 9.90 Å². The lowest BCUT2D eigenvalue weighted by Gasteiger charge is -2.35. The third-order valence-corrected chi connectivity index (χ3v) is 3.66. The zero-order valence-corrected chi connectivity index (χ0v) is 13.1. The van der Waals surface area contributed by atoms with Gasteiger partial charge in [0.15, 0.2) is 0 Å². The molecule has 5 nitrogen and oxygen atoms in total. The van der Waals surface area contributed by atoms with Crippen molar-refractivity contribution >= 4 is 5.91 Å². The normalized spacial score (nSPS) is 17.1. The second-order valence-corrected chi connectivity index (χ2v) is 5.54. The van der Waals surface area contributed by atoms with Gasteiger partial charge in [-0.05, 0) is 19.1 Å². The first-order valence-electron chi connectivity index (χ1n) is 7.64. The second kappa shape index (κ2) is 7.96. The molecule has 2 rings (SSSR count). The SMILES string of the molecule is C=CCOc1ccccc1C(=O)N1CCN(C[C@@H](C)O)CC1. The molecule has 22 heavy (non-hydrogen) atoms. The summed E-state index contributed by atoms with van der Waals surface area (Å²) in [6.45, 7) is 9.35. The summed E-state index contributed by atoms with van der Waals surface area (Å²) in [5.74, 6) is 0.593. The summed E-state index contributed by atoms with van der Waals surface area (Å²) >= 11 is 0. The largest absolute Gasteiger partial charge is 0.489 e. The highest BCUT2D eigenvalue weighted by Crippen LogP contribution is 2.20. The van der Waals surface area contributed by atoms with Crippen LogP contribution in [0.3, 0.4) is 0 Å². The van der Waals surface area contributed by atoms with Crippen LogP contribution in [-0.2, 0) is 0 Å². The standard InChI is InChI=1S/C17H24N2O3/c1-3-12-22-16-7-5-4-6-15(16)17(21)19-10-8-18(9-11-19)13-14(2)20/h3-7,14,20H,1,8-13H2,2H3/t14-/m1/s1. The van der Waals surface area contributed by atoms with Crippen LogP contribution in [-0.4, -0.2) is 66.2 Å². The molecule has 0 aromatic heterocycles. The molecule has 0 bridgehead atoms. The van der Waals surface area contributed by atoms with Crippen molar-refractivity contribution in [1.82, 2.24) is 9.80 Å². The van der Waals surface area contributed by atoms with Crippen LogP contribution in [0.4, 0.5) is 0 Å². The van der Waals surface area contributed by atoms with Gasteiger partial charge in [-0.2, -0.15) is 0 Å². The van der Waals surface area contributed by atoms with Crippen molar-refractivity contribution in [2.45, 2.75) is 13.0 Å². The molecule has 0 radical (unpaired) electrons. The van der Waals surface area contributed by atoms with Gasteiger partial charge in [-0.1, -0.05) is 24.8 Å². The van der Waals surface area contributed by atoms with E-state index in [1.54, 1.807) is 25.1 Å². The highest BCUT2D eigenvalue weighted by atomic mass is 16.5. The molecule has 1 aliphatic heterocycles. The Morgan fingerprint density at radius 2 is 2.05 bits per heavy atom. The fourth-order valence-electron chi connectivity index (χ4n) is 2.60. The minimum atomic E-state index is -0.338. The predicted octanol–water partition coefficient (Wildman–Crippen LogP) is 1.39. The first-order valence-corrected chi connectivity index (χ1v) is 7.64. The molecule has 1 aromatic carbocycles. The van der Waals surface area contributed by atoms with Crippen molar-refractivity contribution in [3.63, 3.8) is 0 Å². The van der Waals surface area contributed by atoms with Crippen LogP contribution in [0.1, 0.15) is 17.3 Å². The number of carbonyl (C=O) groups is 1. The number of nitrogens with zero attached hydrogens (tertiary/aromatic N) is 2. The van der Waals surface area contributed by atoms with Crippen LogP contribution in [0.5, 0.6) is 5.75 Å². The minimum absolute atomic E-state index is 0.00337. The Balaban J connectivity index is 1.99. The van der Waals surface area contributed by atoms with Crippen LogP contribution in [0, 0.1) is 0 Å². The molecular formula is C17H24N2O3. The summed E-state index contributed by atoms with van der Waals surface area (Å²) in [6, 6.07) is 7.30. The summed E-state index contributed by atoms with van der Waals surface area (Å²) in [7, 11) is 0. The quantitative estimate of drug-likeness (QED) is 0.807. The van der Waals surface area contributed by atoms with Crippen LogP contribution < -0.4 is 4.74 Å². The number of rotatable bonds is 6. The highest BCUT2D eigenvalue weighted by molar-refractivity contribution is 5.97. The molecule has 1 amide bonds. The number of aliphatic hydroxyl groups is 1. The molecule has 1 saturated heterocycles. The van der Waals surface area contributed by atoms with E-state index in [0.717, 1.165) is 13.1 Å². The number of benzene rings is 1. The van der Waals surface area contributed by atoms with Crippen molar-refractivity contribution in [2.75, 3.05) is 39.3 Å². The number of β-amino-alcohol motifs (C(OH)–C–C–N with tert-alkyl or cyclic N) is 1. The van der Waals surface area contributed by atoms with E-state index in [1.807, 2.05) is 17.0 Å². The molecule has 0 unspecified atom stereocenters. The molecule has 0 spiro atoms. The monoisotopic (exact) mass is 304 g/mol. The predicted molar refractivity (Wildman–Crippen MR) is 86.2 cm³/mol. The number of hydrogen-bond donors (Lipinski definition) is 1. The summed E-state index contributed by atoms with van der Waals surface area (Å²) < 4.78 is 5.56. The van der Waals surface area contributed by atoms with Crippen molar-refractivity contribution in [1.29, 1.82) is 0 Å². The van der Waals surface area contributed by atoms with Gasteiger partial charge in [0.1, 0.15) is 12.4 Å². The Morgan fingerprint density at radius 1 is 1.36 bits per heavy atom. The maximum absolute atomic E-state index is 12.7. The van der Waals surface area contributed by atoms with Crippen LogP contribution in [0.2, 0.25) is 0 Å². The van der Waals surface area contributed by atoms with Gasteiger partial charge in [0.25, 0.3) is 5.91 Å². The number of piperazine rings is 1. The highest BCUT2D eigenvalue weighted by Gasteiger charge is 2.24. The van der Waals surface area contributed by atoms with Gasteiger partial charge in [0, 0.05) is 32.7 Å². The summed E-state index contributed by atoms with van der Waals surface area (Å²) in [6.07, 6.45) is 1.33. The van der Waals surface area contributed by atoms with E-state index < -0.39 is 0 Å². The zero-order valence-electron chi connectivity index (χ0n) is 13.1. The van der Waals surface area contributed by atoms with Crippen LogP contribution in [0.25, 0.3) is 0 Å². The van der Waals surface area contributed by atoms with Crippen molar-refractivity contribution < 1.29 is 14.6 Å². The van der Waals surface area contributed by atoms with E-state index in [-0.39, 0.29) is 12.0 Å². The summed E-state index contributed by atoms with van der Waals surface area (Å²) in [5.41, 5.74) is 0.591. The second-order valence-electron chi connectivity index (χ2n) is 5.54. The Kier molecular flexibility index (Phi) is 5.98. The average Bonchev–Trinajstić information content (AvgIpc) is 2.53. The number of amides is 1. The lowest BCUT2D eigenvalue weighted by Crippen LogP contribution is -2.50. The lowest BCUT2D eigenvalue weighted by atomic mass is 10.1. The van der Waals surface area contributed by atoms with E-state index in [1.165, 1.54) is 0 Å². The number of ether oxygens (including phenoxy) is 1. The van der Waals surface area contributed by atoms with Gasteiger partial charge in [0.05, 0.1) is 11.7 Å². The molecule has 1 aromatic rings. The van der Waals surface area contributed by atoms with E-state index in [4.69, 9.17) is 4.74 Å². The molecule has 0 aliphatic carbocycles. The van der Waals surface area contributed by atoms with Crippen LogP contribution in [0.15, 0.2) is 36.9 Å².